The van der Waals surface area contributed by atoms with Crippen molar-refractivity contribution < 1.29 is 9.59 Å². The summed E-state index contributed by atoms with van der Waals surface area (Å²) in [6.45, 7) is 11.6. The van der Waals surface area contributed by atoms with Crippen LogP contribution < -0.4 is 5.32 Å². The van der Waals surface area contributed by atoms with Gasteiger partial charge in [-0.2, -0.15) is 0 Å². The largest absolute Gasteiger partial charge is 0.356 e. The van der Waals surface area contributed by atoms with E-state index in [0.717, 1.165) is 32.4 Å². The van der Waals surface area contributed by atoms with E-state index in [0.29, 0.717) is 13.1 Å². The Labute approximate surface area is 153 Å². The highest BCUT2D eigenvalue weighted by molar-refractivity contribution is 5.82. The molecule has 0 unspecified atom stereocenters. The van der Waals surface area contributed by atoms with Crippen molar-refractivity contribution in [3.05, 3.63) is 0 Å². The summed E-state index contributed by atoms with van der Waals surface area (Å²) in [5, 5.41) is 3.11. The second-order valence-corrected chi connectivity index (χ2v) is 8.72. The zero-order valence-electron chi connectivity index (χ0n) is 16.5. The summed E-state index contributed by atoms with van der Waals surface area (Å²) >= 11 is 0. The van der Waals surface area contributed by atoms with Crippen LogP contribution in [0.2, 0.25) is 0 Å². The van der Waals surface area contributed by atoms with E-state index in [-0.39, 0.29) is 23.1 Å². The lowest BCUT2D eigenvalue weighted by Gasteiger charge is -2.35. The van der Waals surface area contributed by atoms with Gasteiger partial charge in [-0.05, 0) is 51.7 Å². The second-order valence-electron chi connectivity index (χ2n) is 8.72. The molecule has 2 aliphatic rings. The van der Waals surface area contributed by atoms with Gasteiger partial charge in [0.05, 0.1) is 0 Å². The highest BCUT2D eigenvalue weighted by Gasteiger charge is 2.32. The van der Waals surface area contributed by atoms with Crippen molar-refractivity contribution in [2.24, 2.45) is 11.3 Å². The standard InChI is InChI=1S/C20H37N3O2/c1-20(2,3)19(25)23-15-9-17(10-16-23)18(24)21-11-8-14-22-12-6-4-5-7-13-22/h17H,4-16H2,1-3H3,(H,21,24). The van der Waals surface area contributed by atoms with Crippen LogP contribution in [0.5, 0.6) is 0 Å². The van der Waals surface area contributed by atoms with Crippen LogP contribution in [0.4, 0.5) is 0 Å². The Kier molecular flexibility index (Phi) is 7.73. The number of hydrogen-bond donors (Lipinski definition) is 1. The van der Waals surface area contributed by atoms with Gasteiger partial charge in [0.1, 0.15) is 0 Å². The van der Waals surface area contributed by atoms with Crippen molar-refractivity contribution in [2.75, 3.05) is 39.3 Å². The molecule has 0 aromatic heterocycles. The maximum absolute atomic E-state index is 12.3. The van der Waals surface area contributed by atoms with Crippen LogP contribution in [0.1, 0.15) is 65.7 Å². The summed E-state index contributed by atoms with van der Waals surface area (Å²) in [5.74, 6) is 0.449. The molecule has 0 aliphatic carbocycles. The molecule has 2 rings (SSSR count). The van der Waals surface area contributed by atoms with Gasteiger partial charge in [0.2, 0.25) is 11.8 Å². The summed E-state index contributed by atoms with van der Waals surface area (Å²) in [6, 6.07) is 0. The van der Waals surface area contributed by atoms with E-state index in [2.05, 4.69) is 10.2 Å². The maximum Gasteiger partial charge on any atom is 0.227 e. The smallest absolute Gasteiger partial charge is 0.227 e. The first-order chi connectivity index (χ1) is 11.9. The number of amides is 2. The molecule has 5 heteroatoms. The fraction of sp³-hybridized carbons (Fsp3) is 0.900. The Morgan fingerprint density at radius 3 is 2.12 bits per heavy atom. The molecular formula is C20H37N3O2. The lowest BCUT2D eigenvalue weighted by molar-refractivity contribution is -0.142. The van der Waals surface area contributed by atoms with Gasteiger partial charge in [0, 0.05) is 31.0 Å². The van der Waals surface area contributed by atoms with Gasteiger partial charge in [0.15, 0.2) is 0 Å². The third-order valence-electron chi connectivity index (χ3n) is 5.44. The van der Waals surface area contributed by atoms with E-state index in [9.17, 15) is 9.59 Å². The Hall–Kier alpha value is -1.10. The molecule has 1 N–H and O–H groups in total. The number of nitrogens with zero attached hydrogens (tertiary/aromatic N) is 2. The van der Waals surface area contributed by atoms with E-state index in [1.165, 1.54) is 38.8 Å². The van der Waals surface area contributed by atoms with Gasteiger partial charge in [-0.3, -0.25) is 9.59 Å². The minimum absolute atomic E-state index is 0.0715. The first kappa shape index (κ1) is 20.2. The van der Waals surface area contributed by atoms with Gasteiger partial charge >= 0.3 is 0 Å². The molecule has 0 atom stereocenters. The monoisotopic (exact) mass is 351 g/mol. The molecule has 144 valence electrons. The van der Waals surface area contributed by atoms with Gasteiger partial charge < -0.3 is 15.1 Å². The zero-order valence-corrected chi connectivity index (χ0v) is 16.5. The van der Waals surface area contributed by atoms with Crippen molar-refractivity contribution in [3.63, 3.8) is 0 Å². The zero-order chi connectivity index (χ0) is 18.3. The highest BCUT2D eigenvalue weighted by Crippen LogP contribution is 2.23. The lowest BCUT2D eigenvalue weighted by atomic mass is 9.90. The predicted octanol–water partition coefficient (Wildman–Crippen LogP) is 2.65. The molecule has 2 amide bonds. The molecule has 25 heavy (non-hydrogen) atoms. The van der Waals surface area contributed by atoms with Crippen molar-refractivity contribution in [3.8, 4) is 0 Å². The number of carbonyl (C=O) groups excluding carboxylic acids is 2. The van der Waals surface area contributed by atoms with Crippen LogP contribution in [0, 0.1) is 11.3 Å². The molecule has 2 fully saturated rings. The number of hydrogen-bond acceptors (Lipinski definition) is 3. The molecule has 0 saturated carbocycles. The van der Waals surface area contributed by atoms with E-state index in [1.807, 2.05) is 25.7 Å². The maximum atomic E-state index is 12.3. The summed E-state index contributed by atoms with van der Waals surface area (Å²) in [5.41, 5.74) is -0.331. The van der Waals surface area contributed by atoms with Crippen molar-refractivity contribution in [2.45, 2.75) is 65.7 Å². The summed E-state index contributed by atoms with van der Waals surface area (Å²) in [7, 11) is 0. The molecule has 5 nitrogen and oxygen atoms in total. The summed E-state index contributed by atoms with van der Waals surface area (Å²) in [4.78, 5) is 29.1. The minimum atomic E-state index is -0.331. The second kappa shape index (κ2) is 9.56. The van der Waals surface area contributed by atoms with Crippen LogP contribution >= 0.6 is 0 Å². The molecule has 0 spiro atoms. The normalized spacial score (nSPS) is 21.0. The van der Waals surface area contributed by atoms with E-state index in [4.69, 9.17) is 0 Å². The first-order valence-electron chi connectivity index (χ1n) is 10.2. The topological polar surface area (TPSA) is 52.7 Å². The molecule has 2 heterocycles. The highest BCUT2D eigenvalue weighted by atomic mass is 16.2. The molecular weight excluding hydrogens is 314 g/mol. The third-order valence-corrected chi connectivity index (χ3v) is 5.44. The van der Waals surface area contributed by atoms with Crippen molar-refractivity contribution in [1.82, 2.24) is 15.1 Å². The SMILES string of the molecule is CC(C)(C)C(=O)N1CCC(C(=O)NCCCN2CCCCCC2)CC1. The predicted molar refractivity (Wildman–Crippen MR) is 101 cm³/mol. The fourth-order valence-electron chi connectivity index (χ4n) is 3.84. The number of rotatable bonds is 5. The van der Waals surface area contributed by atoms with Gasteiger partial charge in [-0.15, -0.1) is 0 Å². The Morgan fingerprint density at radius 2 is 1.56 bits per heavy atom. The van der Waals surface area contributed by atoms with Crippen LogP contribution in [-0.4, -0.2) is 60.9 Å². The van der Waals surface area contributed by atoms with Crippen molar-refractivity contribution >= 4 is 11.8 Å². The third kappa shape index (κ3) is 6.61. The molecule has 2 aliphatic heterocycles. The average Bonchev–Trinajstić information content (AvgIpc) is 2.86. The number of nitrogens with one attached hydrogen (secondary N) is 1. The quantitative estimate of drug-likeness (QED) is 0.775. The van der Waals surface area contributed by atoms with E-state index < -0.39 is 0 Å². The van der Waals surface area contributed by atoms with Gasteiger partial charge in [-0.1, -0.05) is 33.6 Å². The Bertz CT molecular complexity index is 429. The molecule has 0 aromatic rings. The Morgan fingerprint density at radius 1 is 0.960 bits per heavy atom. The average molecular weight is 352 g/mol. The number of carbonyl (C=O) groups is 2. The number of likely N-dealkylation sites (tertiary alicyclic amines) is 2. The minimum Gasteiger partial charge on any atom is -0.356 e. The fourth-order valence-corrected chi connectivity index (χ4v) is 3.84. The Balaban J connectivity index is 1.61. The van der Waals surface area contributed by atoms with E-state index in [1.54, 1.807) is 0 Å². The molecule has 2 saturated heterocycles. The summed E-state index contributed by atoms with van der Waals surface area (Å²) < 4.78 is 0. The van der Waals surface area contributed by atoms with Crippen LogP contribution in [0.25, 0.3) is 0 Å². The van der Waals surface area contributed by atoms with Gasteiger partial charge in [0.25, 0.3) is 0 Å². The van der Waals surface area contributed by atoms with Crippen LogP contribution in [0.15, 0.2) is 0 Å². The van der Waals surface area contributed by atoms with Crippen LogP contribution in [0.3, 0.4) is 0 Å². The molecule has 0 bridgehead atoms. The first-order valence-corrected chi connectivity index (χ1v) is 10.2. The van der Waals surface area contributed by atoms with Gasteiger partial charge in [-0.25, -0.2) is 0 Å². The van der Waals surface area contributed by atoms with E-state index >= 15 is 0 Å². The summed E-state index contributed by atoms with van der Waals surface area (Å²) in [6.07, 6.45) is 7.98. The molecule has 0 aromatic carbocycles. The van der Waals surface area contributed by atoms with Crippen molar-refractivity contribution in [1.29, 1.82) is 0 Å². The van der Waals surface area contributed by atoms with Crippen LogP contribution in [-0.2, 0) is 9.59 Å². The number of piperidine rings is 1. The lowest BCUT2D eigenvalue weighted by Crippen LogP contribution is -2.46. The molecule has 0 radical (unpaired) electrons.